The van der Waals surface area contributed by atoms with Gasteiger partial charge in [-0.1, -0.05) is 38.1 Å². The molecule has 4 amide bonds. The van der Waals surface area contributed by atoms with Crippen LogP contribution in [0.3, 0.4) is 0 Å². The van der Waals surface area contributed by atoms with Crippen molar-refractivity contribution in [2.75, 3.05) is 0 Å². The Kier molecular flexibility index (Phi) is 9.47. The minimum atomic E-state index is -1.07. The number of imide groups is 1. The van der Waals surface area contributed by atoms with Crippen molar-refractivity contribution in [3.05, 3.63) is 76.4 Å². The zero-order valence-electron chi connectivity index (χ0n) is 21.6. The molecule has 2 aromatic heterocycles. The van der Waals surface area contributed by atoms with Gasteiger partial charge in [-0.25, -0.2) is 20.4 Å². The Morgan fingerprint density at radius 2 is 1.85 bits per heavy atom. The summed E-state index contributed by atoms with van der Waals surface area (Å²) in [5, 5.41) is 7.01. The van der Waals surface area contributed by atoms with Gasteiger partial charge < -0.3 is 10.1 Å². The zero-order chi connectivity index (χ0) is 28.6. The number of thiazole rings is 1. The number of ether oxygens (including phenoxy) is 1. The maximum Gasteiger partial charge on any atom is 0.408 e. The molecule has 0 bridgehead atoms. The lowest BCUT2D eigenvalue weighted by Gasteiger charge is -2.26. The summed E-state index contributed by atoms with van der Waals surface area (Å²) in [6.07, 6.45) is 4.35. The minimum absolute atomic E-state index is 0.00576. The van der Waals surface area contributed by atoms with Crippen molar-refractivity contribution in [2.45, 2.75) is 32.9 Å². The van der Waals surface area contributed by atoms with E-state index in [4.69, 9.17) is 10.6 Å². The lowest BCUT2D eigenvalue weighted by atomic mass is 10.0. The summed E-state index contributed by atoms with van der Waals surface area (Å²) in [7, 11) is 0. The SMILES string of the molecule is CC(C)C[C@H](NC(=O)OCc1ccncc1)C(=O)N(N)C(=O)N1NC(c2ccc(-c3nc([C]=O)cs3)cc2)=CS1. The maximum atomic E-state index is 13.1. The molecule has 0 aliphatic carbocycles. The number of hydrogen-bond donors (Lipinski definition) is 3. The number of aromatic nitrogens is 2. The fourth-order valence-electron chi connectivity index (χ4n) is 3.60. The van der Waals surface area contributed by atoms with Gasteiger partial charge in [0, 0.05) is 46.3 Å². The molecule has 0 fully saturated rings. The maximum absolute atomic E-state index is 13.1. The van der Waals surface area contributed by atoms with Gasteiger partial charge in [0.2, 0.25) is 0 Å². The van der Waals surface area contributed by atoms with Crippen LogP contribution in [0.5, 0.6) is 0 Å². The van der Waals surface area contributed by atoms with E-state index < -0.39 is 24.1 Å². The summed E-state index contributed by atoms with van der Waals surface area (Å²) in [6.45, 7) is 3.75. The average Bonchev–Trinajstić information content (AvgIpc) is 3.65. The largest absolute Gasteiger partial charge is 0.445 e. The number of alkyl carbamates (subject to hydrolysis) is 1. The molecule has 0 saturated carbocycles. The van der Waals surface area contributed by atoms with E-state index in [0.29, 0.717) is 15.7 Å². The highest BCUT2D eigenvalue weighted by atomic mass is 32.2. The lowest BCUT2D eigenvalue weighted by Crippen LogP contribution is -2.57. The summed E-state index contributed by atoms with van der Waals surface area (Å²) >= 11 is 2.36. The van der Waals surface area contributed by atoms with Crippen LogP contribution in [0.2, 0.25) is 0 Å². The highest BCUT2D eigenvalue weighted by Gasteiger charge is 2.34. The molecule has 1 aromatic carbocycles. The zero-order valence-corrected chi connectivity index (χ0v) is 23.2. The molecule has 0 saturated heterocycles. The molecule has 0 spiro atoms. The summed E-state index contributed by atoms with van der Waals surface area (Å²) in [4.78, 5) is 57.4. The van der Waals surface area contributed by atoms with Crippen LogP contribution in [-0.2, 0) is 20.9 Å². The number of hydrogen-bond acceptors (Lipinski definition) is 11. The Labute approximate surface area is 238 Å². The topological polar surface area (TPSA) is 160 Å². The Hall–Kier alpha value is -4.27. The van der Waals surface area contributed by atoms with E-state index in [1.165, 1.54) is 11.3 Å². The van der Waals surface area contributed by atoms with Gasteiger partial charge in [-0.2, -0.15) is 9.42 Å². The minimum Gasteiger partial charge on any atom is -0.445 e. The second-order valence-corrected chi connectivity index (χ2v) is 10.7. The molecule has 3 heterocycles. The van der Waals surface area contributed by atoms with Gasteiger partial charge in [-0.15, -0.1) is 11.3 Å². The first-order chi connectivity index (χ1) is 19.2. The number of urea groups is 1. The normalized spacial score (nSPS) is 13.3. The highest BCUT2D eigenvalue weighted by molar-refractivity contribution is 8.00. The van der Waals surface area contributed by atoms with Crippen molar-refractivity contribution < 1.29 is 23.9 Å². The third kappa shape index (κ3) is 7.22. The number of benzene rings is 1. The number of carbonyl (C=O) groups is 3. The van der Waals surface area contributed by atoms with Gasteiger partial charge in [0.05, 0.1) is 5.70 Å². The molecule has 207 valence electrons. The fourth-order valence-corrected chi connectivity index (χ4v) is 5.08. The summed E-state index contributed by atoms with van der Waals surface area (Å²) in [6, 6.07) is 8.86. The summed E-state index contributed by atoms with van der Waals surface area (Å²) < 4.78 is 6.32. The molecule has 1 radical (unpaired) electrons. The van der Waals surface area contributed by atoms with E-state index in [-0.39, 0.29) is 24.6 Å². The second-order valence-electron chi connectivity index (χ2n) is 9.01. The molecular weight excluding hydrogens is 554 g/mol. The molecular formula is C26H26N7O5S2. The van der Waals surface area contributed by atoms with E-state index in [1.54, 1.807) is 41.6 Å². The van der Waals surface area contributed by atoms with Crippen molar-refractivity contribution >= 4 is 53.3 Å². The number of pyridine rings is 1. The van der Waals surface area contributed by atoms with Crippen LogP contribution in [0.25, 0.3) is 16.3 Å². The number of amides is 4. The van der Waals surface area contributed by atoms with Crippen LogP contribution < -0.4 is 16.6 Å². The molecule has 1 aliphatic rings. The molecule has 1 aliphatic heterocycles. The predicted octanol–water partition coefficient (Wildman–Crippen LogP) is 3.59. The number of rotatable bonds is 9. The average molecular weight is 581 g/mol. The summed E-state index contributed by atoms with van der Waals surface area (Å²) in [5.41, 5.74) is 6.13. The Morgan fingerprint density at radius 3 is 2.50 bits per heavy atom. The van der Waals surface area contributed by atoms with E-state index in [1.807, 2.05) is 38.1 Å². The molecule has 14 heteroatoms. The summed E-state index contributed by atoms with van der Waals surface area (Å²) in [5.74, 6) is 5.16. The standard InChI is InChI=1S/C26H26N7O5S2/c1-16(2)11-21(30-25(36)38-13-17-7-9-28-10-8-17)24(35)32(27)26(37)33-31-22(15-40-33)18-3-5-19(6-4-18)23-29-20(12-34)14-39-23/h3-10,14-16,21,31H,11,13,27H2,1-2H3,(H,30,36)/t21-/m0/s1. The van der Waals surface area contributed by atoms with Crippen molar-refractivity contribution in [1.82, 2.24) is 30.1 Å². The molecule has 12 nitrogen and oxygen atoms in total. The van der Waals surface area contributed by atoms with Crippen LogP contribution in [0, 0.1) is 5.92 Å². The van der Waals surface area contributed by atoms with Crippen LogP contribution in [0.15, 0.2) is 59.6 Å². The monoisotopic (exact) mass is 580 g/mol. The predicted molar refractivity (Wildman–Crippen MR) is 150 cm³/mol. The van der Waals surface area contributed by atoms with Crippen LogP contribution in [-0.4, -0.2) is 49.8 Å². The van der Waals surface area contributed by atoms with Gasteiger partial charge in [0.15, 0.2) is 0 Å². The first-order valence-electron chi connectivity index (χ1n) is 12.1. The molecule has 4 rings (SSSR count). The van der Waals surface area contributed by atoms with E-state index in [0.717, 1.165) is 33.1 Å². The van der Waals surface area contributed by atoms with Crippen molar-refractivity contribution in [3.63, 3.8) is 0 Å². The Bertz CT molecular complexity index is 1400. The second kappa shape index (κ2) is 13.2. The first kappa shape index (κ1) is 28.7. The quantitative estimate of drug-likeness (QED) is 0.148. The molecule has 0 unspecified atom stereocenters. The van der Waals surface area contributed by atoms with Gasteiger partial charge in [0.1, 0.15) is 23.4 Å². The highest BCUT2D eigenvalue weighted by Crippen LogP contribution is 2.29. The number of carbonyl (C=O) groups excluding carboxylic acids is 4. The number of nitrogens with one attached hydrogen (secondary N) is 2. The van der Waals surface area contributed by atoms with Gasteiger partial charge in [-0.05, 0) is 30.0 Å². The third-order valence-electron chi connectivity index (χ3n) is 5.58. The first-order valence-corrected chi connectivity index (χ1v) is 13.8. The Morgan fingerprint density at radius 1 is 1.15 bits per heavy atom. The molecule has 40 heavy (non-hydrogen) atoms. The van der Waals surface area contributed by atoms with Gasteiger partial charge in [0.25, 0.3) is 12.2 Å². The van der Waals surface area contributed by atoms with E-state index in [9.17, 15) is 19.2 Å². The van der Waals surface area contributed by atoms with Crippen molar-refractivity contribution in [3.8, 4) is 10.6 Å². The number of nitrogens with zero attached hydrogens (tertiary/aromatic N) is 4. The number of hydrazine groups is 2. The smallest absolute Gasteiger partial charge is 0.408 e. The van der Waals surface area contributed by atoms with Crippen LogP contribution in [0.4, 0.5) is 9.59 Å². The van der Waals surface area contributed by atoms with Crippen molar-refractivity contribution in [1.29, 1.82) is 0 Å². The molecule has 4 N–H and O–H groups in total. The van der Waals surface area contributed by atoms with Crippen LogP contribution in [0.1, 0.15) is 37.1 Å². The van der Waals surface area contributed by atoms with E-state index >= 15 is 0 Å². The third-order valence-corrected chi connectivity index (χ3v) is 7.27. The molecule has 1 atom stereocenters. The molecule has 3 aromatic rings. The van der Waals surface area contributed by atoms with Crippen LogP contribution >= 0.6 is 23.3 Å². The fraction of sp³-hybridized carbons (Fsp3) is 0.231. The van der Waals surface area contributed by atoms with Gasteiger partial charge >= 0.3 is 12.1 Å². The Balaban J connectivity index is 1.34. The van der Waals surface area contributed by atoms with E-state index in [2.05, 4.69) is 20.7 Å². The lowest BCUT2D eigenvalue weighted by molar-refractivity contribution is -0.131. The van der Waals surface area contributed by atoms with Gasteiger partial charge in [-0.3, -0.25) is 20.0 Å². The number of nitrogens with two attached hydrogens (primary N) is 1. The van der Waals surface area contributed by atoms with Crippen molar-refractivity contribution in [2.24, 2.45) is 11.8 Å².